The van der Waals surface area contributed by atoms with Crippen LogP contribution in [0.25, 0.3) is 0 Å². The lowest BCUT2D eigenvalue weighted by Crippen LogP contribution is -2.32. The lowest BCUT2D eigenvalue weighted by molar-refractivity contribution is -0.132. The number of ether oxygens (including phenoxy) is 2. The second-order valence-corrected chi connectivity index (χ2v) is 4.78. The molecule has 112 valence electrons. The molecule has 1 aromatic rings. The molecule has 0 aliphatic rings. The number of nitrogens with zero attached hydrogens (tertiary/aromatic N) is 1. The van der Waals surface area contributed by atoms with Crippen molar-refractivity contribution in [2.24, 2.45) is 0 Å². The number of rotatable bonds is 9. The summed E-state index contributed by atoms with van der Waals surface area (Å²) in [4.78, 5) is 13.5. The van der Waals surface area contributed by atoms with Crippen LogP contribution >= 0.6 is 0 Å². The zero-order valence-corrected chi connectivity index (χ0v) is 12.7. The van der Waals surface area contributed by atoms with Crippen molar-refractivity contribution in [3.63, 3.8) is 0 Å². The number of carbonyl (C=O) groups excluding carboxylic acids is 1. The predicted octanol–water partition coefficient (Wildman–Crippen LogP) is 3.11. The lowest BCUT2D eigenvalue weighted by atomic mass is 10.3. The zero-order chi connectivity index (χ0) is 14.8. The Morgan fingerprint density at radius 2 is 1.65 bits per heavy atom. The van der Waals surface area contributed by atoms with E-state index in [9.17, 15) is 4.79 Å². The molecule has 4 heteroatoms. The van der Waals surface area contributed by atoms with Crippen LogP contribution in [0.2, 0.25) is 0 Å². The first-order chi connectivity index (χ1) is 9.67. The van der Waals surface area contributed by atoms with Gasteiger partial charge < -0.3 is 14.4 Å². The van der Waals surface area contributed by atoms with Crippen molar-refractivity contribution in [1.82, 2.24) is 4.90 Å². The van der Waals surface area contributed by atoms with Crippen molar-refractivity contribution >= 4 is 5.91 Å². The number of likely N-dealkylation sites (N-methyl/N-ethyl adjacent to an activating group) is 1. The largest absolute Gasteiger partial charge is 0.494 e. The van der Waals surface area contributed by atoms with E-state index in [1.807, 2.05) is 31.3 Å². The highest BCUT2D eigenvalue weighted by molar-refractivity contribution is 5.77. The molecule has 0 fully saturated rings. The molecule has 4 nitrogen and oxygen atoms in total. The first kappa shape index (κ1) is 16.3. The fraction of sp³-hybridized carbons (Fsp3) is 0.562. The number of hydrogen-bond acceptors (Lipinski definition) is 3. The average molecular weight is 279 g/mol. The minimum atomic E-state index is 0.00441. The predicted molar refractivity (Wildman–Crippen MR) is 80.3 cm³/mol. The quantitative estimate of drug-likeness (QED) is 0.697. The minimum Gasteiger partial charge on any atom is -0.494 e. The molecule has 20 heavy (non-hydrogen) atoms. The van der Waals surface area contributed by atoms with Gasteiger partial charge in [-0.1, -0.05) is 20.3 Å². The van der Waals surface area contributed by atoms with Crippen molar-refractivity contribution < 1.29 is 14.3 Å². The Morgan fingerprint density at radius 1 is 1.05 bits per heavy atom. The van der Waals surface area contributed by atoms with E-state index in [1.54, 1.807) is 4.90 Å². The monoisotopic (exact) mass is 279 g/mol. The summed E-state index contributed by atoms with van der Waals surface area (Å²) < 4.78 is 11.0. The summed E-state index contributed by atoms with van der Waals surface area (Å²) >= 11 is 0. The first-order valence-corrected chi connectivity index (χ1v) is 7.27. The molecule has 0 aliphatic heterocycles. The van der Waals surface area contributed by atoms with Crippen LogP contribution in [0.1, 0.15) is 33.1 Å². The summed E-state index contributed by atoms with van der Waals surface area (Å²) in [5.41, 5.74) is 0. The third kappa shape index (κ3) is 5.95. The molecule has 0 saturated heterocycles. The Morgan fingerprint density at radius 3 is 2.20 bits per heavy atom. The van der Waals surface area contributed by atoms with Gasteiger partial charge in [-0.15, -0.1) is 0 Å². The maximum Gasteiger partial charge on any atom is 0.260 e. The van der Waals surface area contributed by atoms with Crippen LogP contribution in [0.3, 0.4) is 0 Å². The minimum absolute atomic E-state index is 0.00441. The molecule has 1 amide bonds. The molecular formula is C16H25NO3. The van der Waals surface area contributed by atoms with Crippen LogP contribution in [0, 0.1) is 0 Å². The number of unbranched alkanes of at least 4 members (excludes halogenated alkanes) is 1. The van der Waals surface area contributed by atoms with Gasteiger partial charge in [0.2, 0.25) is 0 Å². The van der Waals surface area contributed by atoms with Gasteiger partial charge in [0.25, 0.3) is 5.91 Å². The molecule has 0 saturated carbocycles. The van der Waals surface area contributed by atoms with E-state index in [0.29, 0.717) is 12.4 Å². The summed E-state index contributed by atoms with van der Waals surface area (Å²) in [6.45, 7) is 5.74. The van der Waals surface area contributed by atoms with Gasteiger partial charge in [0.1, 0.15) is 11.5 Å². The summed E-state index contributed by atoms with van der Waals surface area (Å²) in [6.07, 6.45) is 3.08. The molecule has 0 aliphatic carbocycles. The Labute approximate surface area is 121 Å². The smallest absolute Gasteiger partial charge is 0.260 e. The highest BCUT2D eigenvalue weighted by Crippen LogP contribution is 2.17. The average Bonchev–Trinajstić information content (AvgIpc) is 2.49. The van der Waals surface area contributed by atoms with Gasteiger partial charge in [-0.3, -0.25) is 4.79 Å². The van der Waals surface area contributed by atoms with Gasteiger partial charge in [0.15, 0.2) is 6.61 Å². The molecule has 1 rings (SSSR count). The van der Waals surface area contributed by atoms with Crippen LogP contribution < -0.4 is 9.47 Å². The van der Waals surface area contributed by atoms with E-state index < -0.39 is 0 Å². The first-order valence-electron chi connectivity index (χ1n) is 7.27. The second kappa shape index (κ2) is 9.23. The van der Waals surface area contributed by atoms with Crippen molar-refractivity contribution in [3.8, 4) is 11.5 Å². The molecule has 0 heterocycles. The molecule has 0 bridgehead atoms. The van der Waals surface area contributed by atoms with Crippen molar-refractivity contribution in [2.75, 3.05) is 26.8 Å². The van der Waals surface area contributed by atoms with Crippen LogP contribution in [0.15, 0.2) is 24.3 Å². The zero-order valence-electron chi connectivity index (χ0n) is 12.7. The Balaban J connectivity index is 2.35. The van der Waals surface area contributed by atoms with E-state index >= 15 is 0 Å². The highest BCUT2D eigenvalue weighted by atomic mass is 16.5. The molecule has 0 N–H and O–H groups in total. The van der Waals surface area contributed by atoms with Crippen LogP contribution in [-0.2, 0) is 4.79 Å². The Hall–Kier alpha value is -1.71. The summed E-state index contributed by atoms with van der Waals surface area (Å²) in [5, 5.41) is 0. The van der Waals surface area contributed by atoms with Crippen molar-refractivity contribution in [2.45, 2.75) is 33.1 Å². The SMILES string of the molecule is CCCCN(C)C(=O)COc1ccc(OCCC)cc1. The van der Waals surface area contributed by atoms with E-state index in [0.717, 1.165) is 31.6 Å². The molecular weight excluding hydrogens is 254 g/mol. The Kier molecular flexibility index (Phi) is 7.55. The molecule has 0 unspecified atom stereocenters. The van der Waals surface area contributed by atoms with Gasteiger partial charge in [0.05, 0.1) is 6.61 Å². The number of benzene rings is 1. The second-order valence-electron chi connectivity index (χ2n) is 4.78. The maximum absolute atomic E-state index is 11.8. The molecule has 0 atom stereocenters. The van der Waals surface area contributed by atoms with Gasteiger partial charge in [-0.2, -0.15) is 0 Å². The van der Waals surface area contributed by atoms with Crippen molar-refractivity contribution in [3.05, 3.63) is 24.3 Å². The summed E-state index contributed by atoms with van der Waals surface area (Å²) in [6, 6.07) is 7.36. The van der Waals surface area contributed by atoms with E-state index in [1.165, 1.54) is 0 Å². The Bertz CT molecular complexity index is 389. The number of amides is 1. The van der Waals surface area contributed by atoms with E-state index in [4.69, 9.17) is 9.47 Å². The molecule has 1 aromatic carbocycles. The fourth-order valence-corrected chi connectivity index (χ4v) is 1.63. The number of hydrogen-bond donors (Lipinski definition) is 0. The third-order valence-corrected chi connectivity index (χ3v) is 2.93. The van der Waals surface area contributed by atoms with Crippen LogP contribution in [0.4, 0.5) is 0 Å². The van der Waals surface area contributed by atoms with Crippen LogP contribution in [-0.4, -0.2) is 37.6 Å². The molecule has 0 aromatic heterocycles. The van der Waals surface area contributed by atoms with Gasteiger partial charge in [-0.05, 0) is 37.1 Å². The lowest BCUT2D eigenvalue weighted by Gasteiger charge is -2.17. The van der Waals surface area contributed by atoms with Gasteiger partial charge in [-0.25, -0.2) is 0 Å². The molecule has 0 spiro atoms. The van der Waals surface area contributed by atoms with Crippen molar-refractivity contribution in [1.29, 1.82) is 0 Å². The standard InChI is InChI=1S/C16H25NO3/c1-4-6-11-17(3)16(18)13-20-15-9-7-14(8-10-15)19-12-5-2/h7-10H,4-6,11-13H2,1-3H3. The molecule has 0 radical (unpaired) electrons. The maximum atomic E-state index is 11.8. The summed E-state index contributed by atoms with van der Waals surface area (Å²) in [5.74, 6) is 1.52. The highest BCUT2D eigenvalue weighted by Gasteiger charge is 2.08. The van der Waals surface area contributed by atoms with E-state index in [2.05, 4.69) is 13.8 Å². The number of carbonyl (C=O) groups is 1. The van der Waals surface area contributed by atoms with Crippen LogP contribution in [0.5, 0.6) is 11.5 Å². The normalized spacial score (nSPS) is 10.2. The fourth-order valence-electron chi connectivity index (χ4n) is 1.63. The van der Waals surface area contributed by atoms with Gasteiger partial charge >= 0.3 is 0 Å². The topological polar surface area (TPSA) is 38.8 Å². The van der Waals surface area contributed by atoms with Gasteiger partial charge in [0, 0.05) is 13.6 Å². The third-order valence-electron chi connectivity index (χ3n) is 2.93. The van der Waals surface area contributed by atoms with E-state index in [-0.39, 0.29) is 12.5 Å². The summed E-state index contributed by atoms with van der Waals surface area (Å²) in [7, 11) is 1.81.